The summed E-state index contributed by atoms with van der Waals surface area (Å²) in [5, 5.41) is 11.0. The van der Waals surface area contributed by atoms with Gasteiger partial charge in [0.25, 0.3) is 11.6 Å². The molecule has 1 amide bonds. The van der Waals surface area contributed by atoms with Crippen LogP contribution in [0.5, 0.6) is 0 Å². The van der Waals surface area contributed by atoms with Crippen molar-refractivity contribution in [1.82, 2.24) is 4.57 Å². The van der Waals surface area contributed by atoms with Crippen molar-refractivity contribution in [2.24, 2.45) is 4.99 Å². The molecule has 0 unspecified atom stereocenters. The van der Waals surface area contributed by atoms with Crippen LogP contribution >= 0.6 is 11.3 Å². The van der Waals surface area contributed by atoms with Crippen molar-refractivity contribution in [2.45, 2.75) is 20.4 Å². The summed E-state index contributed by atoms with van der Waals surface area (Å²) in [7, 11) is 0. The second kappa shape index (κ2) is 7.05. The summed E-state index contributed by atoms with van der Waals surface area (Å²) in [6.07, 6.45) is 1.70. The molecular formula is C19H17N3O3S. The minimum atomic E-state index is -0.436. The number of carbonyl (C=O) groups is 1. The maximum Gasteiger partial charge on any atom is 0.279 e. The molecule has 3 rings (SSSR count). The summed E-state index contributed by atoms with van der Waals surface area (Å²) in [5.41, 5.74) is 3.44. The lowest BCUT2D eigenvalue weighted by molar-refractivity contribution is -0.384. The van der Waals surface area contributed by atoms with Gasteiger partial charge in [-0.1, -0.05) is 23.5 Å². The number of aryl methyl sites for hydroxylation is 2. The number of nitro benzene ring substituents is 1. The number of aromatic nitrogens is 1. The number of carbonyl (C=O) groups excluding carboxylic acids is 1. The van der Waals surface area contributed by atoms with Gasteiger partial charge >= 0.3 is 0 Å². The van der Waals surface area contributed by atoms with Crippen molar-refractivity contribution in [3.05, 3.63) is 80.7 Å². The Balaban J connectivity index is 2.15. The third kappa shape index (κ3) is 3.34. The first-order chi connectivity index (χ1) is 12.4. The van der Waals surface area contributed by atoms with Gasteiger partial charge in [-0.15, -0.1) is 6.58 Å². The quantitative estimate of drug-likeness (QED) is 0.395. The molecular weight excluding hydrogens is 350 g/mol. The normalized spacial score (nSPS) is 11.7. The summed E-state index contributed by atoms with van der Waals surface area (Å²) in [6, 6.07) is 10.1. The van der Waals surface area contributed by atoms with Crippen LogP contribution in [0.25, 0.3) is 10.2 Å². The molecule has 1 heterocycles. The van der Waals surface area contributed by atoms with Gasteiger partial charge in [-0.3, -0.25) is 14.9 Å². The van der Waals surface area contributed by atoms with Gasteiger partial charge in [-0.2, -0.15) is 4.99 Å². The smallest absolute Gasteiger partial charge is 0.279 e. The molecule has 0 atom stereocenters. The highest BCUT2D eigenvalue weighted by Gasteiger charge is 2.13. The molecule has 0 aliphatic heterocycles. The number of hydrogen-bond donors (Lipinski definition) is 0. The van der Waals surface area contributed by atoms with Gasteiger partial charge in [0.05, 0.1) is 15.1 Å². The molecule has 0 saturated carbocycles. The van der Waals surface area contributed by atoms with Crippen LogP contribution < -0.4 is 4.80 Å². The fraction of sp³-hybridized carbons (Fsp3) is 0.158. The molecule has 6 nitrogen and oxygen atoms in total. The van der Waals surface area contributed by atoms with E-state index in [0.29, 0.717) is 21.6 Å². The highest BCUT2D eigenvalue weighted by molar-refractivity contribution is 7.16. The maximum atomic E-state index is 12.6. The van der Waals surface area contributed by atoms with Crippen LogP contribution in [-0.4, -0.2) is 15.4 Å². The van der Waals surface area contributed by atoms with E-state index in [1.54, 1.807) is 18.2 Å². The number of nitrogens with zero attached hydrogens (tertiary/aromatic N) is 3. The summed E-state index contributed by atoms with van der Waals surface area (Å²) >= 11 is 1.25. The van der Waals surface area contributed by atoms with Gasteiger partial charge in [-0.05, 0) is 43.2 Å². The van der Waals surface area contributed by atoms with E-state index < -0.39 is 4.92 Å². The number of hydrogen-bond acceptors (Lipinski definition) is 4. The van der Waals surface area contributed by atoms with Gasteiger partial charge in [0, 0.05) is 24.2 Å². The SMILES string of the molecule is C=CCn1c(=NC(=O)c2ccc(C)c(C)c2)sc2cc([N+](=O)[O-])ccc21. The monoisotopic (exact) mass is 367 g/mol. The van der Waals surface area contributed by atoms with Crippen molar-refractivity contribution < 1.29 is 9.72 Å². The highest BCUT2D eigenvalue weighted by Crippen LogP contribution is 2.23. The Labute approximate surface area is 153 Å². The molecule has 0 radical (unpaired) electrons. The Kier molecular flexibility index (Phi) is 4.81. The van der Waals surface area contributed by atoms with E-state index in [9.17, 15) is 14.9 Å². The molecule has 0 spiro atoms. The van der Waals surface area contributed by atoms with Crippen LogP contribution in [0.1, 0.15) is 21.5 Å². The van der Waals surface area contributed by atoms with Crippen molar-refractivity contribution in [3.8, 4) is 0 Å². The molecule has 26 heavy (non-hydrogen) atoms. The molecule has 132 valence electrons. The fourth-order valence-corrected chi connectivity index (χ4v) is 3.66. The zero-order valence-corrected chi connectivity index (χ0v) is 15.2. The summed E-state index contributed by atoms with van der Waals surface area (Å²) in [4.78, 5) is 27.9. The van der Waals surface area contributed by atoms with Crippen molar-refractivity contribution in [1.29, 1.82) is 0 Å². The molecule has 7 heteroatoms. The number of non-ortho nitro benzene ring substituents is 1. The summed E-state index contributed by atoms with van der Waals surface area (Å²) in [6.45, 7) is 8.12. The van der Waals surface area contributed by atoms with E-state index in [4.69, 9.17) is 0 Å². The van der Waals surface area contributed by atoms with E-state index in [0.717, 1.165) is 16.6 Å². The third-order valence-electron chi connectivity index (χ3n) is 4.14. The molecule has 2 aromatic carbocycles. The highest BCUT2D eigenvalue weighted by atomic mass is 32.1. The molecule has 3 aromatic rings. The Hall–Kier alpha value is -3.06. The van der Waals surface area contributed by atoms with E-state index in [-0.39, 0.29) is 11.6 Å². The van der Waals surface area contributed by atoms with Gasteiger partial charge < -0.3 is 4.57 Å². The molecule has 0 bridgehead atoms. The number of thiazole rings is 1. The number of fused-ring (bicyclic) bond motifs is 1. The number of benzene rings is 2. The second-order valence-corrected chi connectivity index (χ2v) is 6.92. The predicted octanol–water partition coefficient (Wildman–Crippen LogP) is 4.15. The second-order valence-electron chi connectivity index (χ2n) is 5.91. The Morgan fingerprint density at radius 1 is 1.27 bits per heavy atom. The Bertz CT molecular complexity index is 1110. The fourth-order valence-electron chi connectivity index (χ4n) is 2.59. The van der Waals surface area contributed by atoms with Gasteiger partial charge in [0.15, 0.2) is 4.80 Å². The van der Waals surface area contributed by atoms with E-state index in [1.807, 2.05) is 30.5 Å². The van der Waals surface area contributed by atoms with Gasteiger partial charge in [0.1, 0.15) is 0 Å². The number of allylic oxidation sites excluding steroid dienone is 1. The Morgan fingerprint density at radius 3 is 2.69 bits per heavy atom. The topological polar surface area (TPSA) is 77.5 Å². The zero-order valence-electron chi connectivity index (χ0n) is 14.4. The lowest BCUT2D eigenvalue weighted by Crippen LogP contribution is -2.16. The van der Waals surface area contributed by atoms with E-state index >= 15 is 0 Å². The molecule has 0 aliphatic rings. The number of rotatable bonds is 4. The number of amides is 1. The van der Waals surface area contributed by atoms with Crippen LogP contribution in [0.3, 0.4) is 0 Å². The zero-order chi connectivity index (χ0) is 18.8. The van der Waals surface area contributed by atoms with E-state index in [1.165, 1.54) is 23.5 Å². The van der Waals surface area contributed by atoms with Crippen molar-refractivity contribution >= 4 is 33.1 Å². The van der Waals surface area contributed by atoms with Crippen molar-refractivity contribution in [2.75, 3.05) is 0 Å². The first-order valence-electron chi connectivity index (χ1n) is 7.95. The maximum absolute atomic E-state index is 12.6. The standard InChI is InChI=1S/C19H17N3O3S/c1-4-9-21-16-8-7-15(22(24)25)11-17(16)26-19(21)20-18(23)14-6-5-12(2)13(3)10-14/h4-8,10-11H,1,9H2,2-3H3. The molecule has 1 aromatic heterocycles. The third-order valence-corrected chi connectivity index (χ3v) is 5.18. The predicted molar refractivity (Wildman–Crippen MR) is 102 cm³/mol. The summed E-state index contributed by atoms with van der Waals surface area (Å²) < 4.78 is 2.53. The molecule has 0 saturated heterocycles. The van der Waals surface area contributed by atoms with Crippen molar-refractivity contribution in [3.63, 3.8) is 0 Å². The lowest BCUT2D eigenvalue weighted by Gasteiger charge is -2.02. The Morgan fingerprint density at radius 2 is 2.04 bits per heavy atom. The first kappa shape index (κ1) is 17.8. The molecule has 0 aliphatic carbocycles. The molecule has 0 N–H and O–H groups in total. The largest absolute Gasteiger partial charge is 0.312 e. The van der Waals surface area contributed by atoms with Crippen LogP contribution in [0.2, 0.25) is 0 Å². The van der Waals surface area contributed by atoms with Gasteiger partial charge in [-0.25, -0.2) is 0 Å². The lowest BCUT2D eigenvalue weighted by atomic mass is 10.1. The van der Waals surface area contributed by atoms with Crippen LogP contribution in [0.4, 0.5) is 5.69 Å². The van der Waals surface area contributed by atoms with Gasteiger partial charge in [0.2, 0.25) is 0 Å². The van der Waals surface area contributed by atoms with Crippen LogP contribution in [0.15, 0.2) is 54.0 Å². The first-order valence-corrected chi connectivity index (χ1v) is 8.77. The number of nitro groups is 1. The average molecular weight is 367 g/mol. The van der Waals surface area contributed by atoms with Crippen LogP contribution in [-0.2, 0) is 6.54 Å². The minimum absolute atomic E-state index is 0.0107. The van der Waals surface area contributed by atoms with Crippen LogP contribution in [0, 0.1) is 24.0 Å². The summed E-state index contributed by atoms with van der Waals surface area (Å²) in [5.74, 6) is -0.341. The molecule has 0 fully saturated rings. The average Bonchev–Trinajstić information content (AvgIpc) is 2.94. The van der Waals surface area contributed by atoms with E-state index in [2.05, 4.69) is 11.6 Å². The minimum Gasteiger partial charge on any atom is -0.312 e.